The molecule has 0 unspecified atom stereocenters. The summed E-state index contributed by atoms with van der Waals surface area (Å²) in [6.07, 6.45) is 0. The number of benzene rings is 2. The Labute approximate surface area is 125 Å². The fourth-order valence-electron chi connectivity index (χ4n) is 2.50. The average Bonchev–Trinajstić information content (AvgIpc) is 2.39. The predicted octanol–water partition coefficient (Wildman–Crippen LogP) is 5.24. The molecular weight excluding hydrogens is 266 g/mol. The Morgan fingerprint density at radius 3 is 2.05 bits per heavy atom. The number of nitrogens with zero attached hydrogens (tertiary/aromatic N) is 1. The highest BCUT2D eigenvalue weighted by Gasteiger charge is 2.13. The number of allylic oxidation sites excluding steroid dienone is 1. The van der Waals surface area contributed by atoms with Crippen LogP contribution < -0.4 is 0 Å². The zero-order valence-electron chi connectivity index (χ0n) is 11.9. The van der Waals surface area contributed by atoms with Crippen LogP contribution in [0.1, 0.15) is 27.8 Å². The molecule has 0 fully saturated rings. The second-order valence-electron chi connectivity index (χ2n) is 4.94. The van der Waals surface area contributed by atoms with Crippen LogP contribution >= 0.6 is 11.6 Å². The molecule has 0 atom stereocenters. The summed E-state index contributed by atoms with van der Waals surface area (Å²) in [4.78, 5) is 0. The Hall–Kier alpha value is -2.04. The minimum atomic E-state index is 0.516. The summed E-state index contributed by atoms with van der Waals surface area (Å²) in [6, 6.07) is 16.0. The average molecular weight is 282 g/mol. The smallest absolute Gasteiger partial charge is 0.101 e. The largest absolute Gasteiger partial charge is 0.192 e. The second kappa shape index (κ2) is 5.94. The van der Waals surface area contributed by atoms with Crippen molar-refractivity contribution in [2.75, 3.05) is 0 Å². The Kier molecular flexibility index (Phi) is 4.27. The zero-order chi connectivity index (χ0) is 14.7. The van der Waals surface area contributed by atoms with E-state index in [1.165, 1.54) is 5.56 Å². The Bertz CT molecular complexity index is 683. The third-order valence-corrected chi connectivity index (χ3v) is 3.67. The van der Waals surface area contributed by atoms with Crippen molar-refractivity contribution in [3.05, 3.63) is 70.3 Å². The van der Waals surface area contributed by atoms with Crippen molar-refractivity contribution in [3.8, 4) is 6.07 Å². The molecule has 0 aliphatic heterocycles. The van der Waals surface area contributed by atoms with Crippen LogP contribution in [-0.2, 0) is 0 Å². The minimum absolute atomic E-state index is 0.516. The molecule has 2 rings (SSSR count). The van der Waals surface area contributed by atoms with Gasteiger partial charge < -0.3 is 0 Å². The summed E-state index contributed by atoms with van der Waals surface area (Å²) in [5.74, 6) is 0. The molecule has 0 aliphatic rings. The number of nitriles is 1. The number of rotatable bonds is 2. The number of hydrogen-bond acceptors (Lipinski definition) is 1. The Balaban J connectivity index is 2.68. The fraction of sp³-hybridized carbons (Fsp3) is 0.167. The highest BCUT2D eigenvalue weighted by Crippen LogP contribution is 2.33. The molecule has 0 amide bonds. The van der Waals surface area contributed by atoms with E-state index in [-0.39, 0.29) is 0 Å². The molecule has 0 radical (unpaired) electrons. The van der Waals surface area contributed by atoms with Crippen LogP contribution in [0.2, 0.25) is 0 Å². The normalized spacial score (nSPS) is 11.8. The van der Waals surface area contributed by atoms with Crippen molar-refractivity contribution in [3.63, 3.8) is 0 Å². The maximum absolute atomic E-state index is 9.46. The minimum Gasteiger partial charge on any atom is -0.192 e. The van der Waals surface area contributed by atoms with Crippen molar-refractivity contribution in [2.45, 2.75) is 20.8 Å². The zero-order valence-corrected chi connectivity index (χ0v) is 12.6. The maximum Gasteiger partial charge on any atom is 0.101 e. The van der Waals surface area contributed by atoms with Crippen molar-refractivity contribution in [1.82, 2.24) is 0 Å². The van der Waals surface area contributed by atoms with Crippen molar-refractivity contribution < 1.29 is 0 Å². The van der Waals surface area contributed by atoms with Crippen LogP contribution in [-0.4, -0.2) is 0 Å². The first kappa shape index (κ1) is 14.4. The van der Waals surface area contributed by atoms with Crippen LogP contribution in [0.3, 0.4) is 0 Å². The second-order valence-corrected chi connectivity index (χ2v) is 5.32. The summed E-state index contributed by atoms with van der Waals surface area (Å²) in [5, 5.41) is 9.98. The highest BCUT2D eigenvalue weighted by molar-refractivity contribution is 6.53. The van der Waals surface area contributed by atoms with Gasteiger partial charge in [0.1, 0.15) is 6.07 Å². The lowest BCUT2D eigenvalue weighted by molar-refractivity contribution is 1.30. The highest BCUT2D eigenvalue weighted by atomic mass is 35.5. The molecule has 0 spiro atoms. The van der Waals surface area contributed by atoms with Gasteiger partial charge in [-0.15, -0.1) is 0 Å². The Morgan fingerprint density at radius 1 is 1.00 bits per heavy atom. The number of aryl methyl sites for hydroxylation is 3. The molecule has 1 nitrogen and oxygen atoms in total. The van der Waals surface area contributed by atoms with E-state index in [4.69, 9.17) is 11.6 Å². The fourth-order valence-corrected chi connectivity index (χ4v) is 2.95. The molecular formula is C18H16ClN. The van der Waals surface area contributed by atoms with Gasteiger partial charge in [0.25, 0.3) is 0 Å². The first-order chi connectivity index (χ1) is 9.54. The summed E-state index contributed by atoms with van der Waals surface area (Å²) in [7, 11) is 0. The van der Waals surface area contributed by atoms with Gasteiger partial charge in [0, 0.05) is 5.56 Å². The van der Waals surface area contributed by atoms with E-state index in [1.54, 1.807) is 0 Å². The van der Waals surface area contributed by atoms with Gasteiger partial charge >= 0.3 is 0 Å². The van der Waals surface area contributed by atoms with Crippen molar-refractivity contribution in [2.24, 2.45) is 0 Å². The molecule has 0 saturated heterocycles. The van der Waals surface area contributed by atoms with Crippen LogP contribution in [0.25, 0.3) is 10.6 Å². The van der Waals surface area contributed by atoms with Gasteiger partial charge in [0.2, 0.25) is 0 Å². The molecule has 0 saturated carbocycles. The van der Waals surface area contributed by atoms with E-state index in [9.17, 15) is 5.26 Å². The van der Waals surface area contributed by atoms with E-state index in [0.29, 0.717) is 10.6 Å². The SMILES string of the molecule is Cc1cc(C)c(C(Cl)=C(C#N)c2ccccc2)c(C)c1. The first-order valence-corrected chi connectivity index (χ1v) is 6.86. The molecule has 2 aromatic rings. The van der Waals surface area contributed by atoms with Gasteiger partial charge in [-0.1, -0.05) is 59.6 Å². The Morgan fingerprint density at radius 2 is 1.55 bits per heavy atom. The topological polar surface area (TPSA) is 23.8 Å². The maximum atomic E-state index is 9.46. The van der Waals surface area contributed by atoms with Gasteiger partial charge in [0.05, 0.1) is 10.6 Å². The molecule has 2 aromatic carbocycles. The third kappa shape index (κ3) is 2.76. The molecule has 20 heavy (non-hydrogen) atoms. The van der Waals surface area contributed by atoms with E-state index in [1.807, 2.05) is 44.2 Å². The van der Waals surface area contributed by atoms with E-state index >= 15 is 0 Å². The summed E-state index contributed by atoms with van der Waals surface area (Å²) in [6.45, 7) is 6.11. The lowest BCUT2D eigenvalue weighted by Gasteiger charge is -2.12. The van der Waals surface area contributed by atoms with Crippen LogP contribution in [0, 0.1) is 32.1 Å². The lowest BCUT2D eigenvalue weighted by atomic mass is 9.95. The molecule has 0 aliphatic carbocycles. The van der Waals surface area contributed by atoms with Gasteiger partial charge in [-0.2, -0.15) is 5.26 Å². The van der Waals surface area contributed by atoms with Gasteiger partial charge in [-0.05, 0) is 37.5 Å². The number of halogens is 1. The van der Waals surface area contributed by atoms with Gasteiger partial charge in [0.15, 0.2) is 0 Å². The summed E-state index contributed by atoms with van der Waals surface area (Å²) >= 11 is 6.53. The van der Waals surface area contributed by atoms with Gasteiger partial charge in [-0.25, -0.2) is 0 Å². The van der Waals surface area contributed by atoms with Crippen LogP contribution in [0.15, 0.2) is 42.5 Å². The molecule has 0 bridgehead atoms. The van der Waals surface area contributed by atoms with E-state index < -0.39 is 0 Å². The monoisotopic (exact) mass is 281 g/mol. The summed E-state index contributed by atoms with van der Waals surface area (Å²) in [5.41, 5.74) is 5.71. The molecule has 2 heteroatoms. The number of hydrogen-bond donors (Lipinski definition) is 0. The first-order valence-electron chi connectivity index (χ1n) is 6.48. The predicted molar refractivity (Wildman–Crippen MR) is 85.4 cm³/mol. The molecule has 0 heterocycles. The molecule has 0 aromatic heterocycles. The summed E-state index contributed by atoms with van der Waals surface area (Å²) < 4.78 is 0. The molecule has 0 N–H and O–H groups in total. The standard InChI is InChI=1S/C18H16ClN/c1-12-9-13(2)17(14(3)10-12)18(19)16(11-20)15-7-5-4-6-8-15/h4-10H,1-3H3. The lowest BCUT2D eigenvalue weighted by Crippen LogP contribution is -1.94. The van der Waals surface area contributed by atoms with Crippen LogP contribution in [0.5, 0.6) is 0 Å². The third-order valence-electron chi connectivity index (χ3n) is 3.29. The van der Waals surface area contributed by atoms with Gasteiger partial charge in [-0.3, -0.25) is 0 Å². The quantitative estimate of drug-likeness (QED) is 0.545. The van der Waals surface area contributed by atoms with E-state index in [0.717, 1.165) is 22.3 Å². The van der Waals surface area contributed by atoms with Crippen LogP contribution in [0.4, 0.5) is 0 Å². The molecule has 100 valence electrons. The van der Waals surface area contributed by atoms with E-state index in [2.05, 4.69) is 25.1 Å². The van der Waals surface area contributed by atoms with Crippen molar-refractivity contribution in [1.29, 1.82) is 5.26 Å². The van der Waals surface area contributed by atoms with Crippen molar-refractivity contribution >= 4 is 22.2 Å².